The molecule has 1 rings (SSSR count). The quantitative estimate of drug-likeness (QED) is 0.651. The van der Waals surface area contributed by atoms with Crippen molar-refractivity contribution >= 4 is 5.91 Å². The molecule has 0 saturated heterocycles. The van der Waals surface area contributed by atoms with Crippen LogP contribution >= 0.6 is 0 Å². The van der Waals surface area contributed by atoms with Crippen molar-refractivity contribution < 1.29 is 19.0 Å². The Hall–Kier alpha value is -1.59. The molecule has 0 aliphatic carbocycles. The number of methoxy groups -OCH3 is 2. The Morgan fingerprint density at radius 2 is 1.95 bits per heavy atom. The summed E-state index contributed by atoms with van der Waals surface area (Å²) < 4.78 is 15.5. The van der Waals surface area contributed by atoms with Crippen LogP contribution in [0.4, 0.5) is 0 Å². The van der Waals surface area contributed by atoms with Gasteiger partial charge in [-0.1, -0.05) is 18.2 Å². The van der Waals surface area contributed by atoms with Crippen molar-refractivity contribution in [1.29, 1.82) is 0 Å². The molecule has 0 aliphatic heterocycles. The van der Waals surface area contributed by atoms with Gasteiger partial charge in [0.1, 0.15) is 12.4 Å². The number of likely N-dealkylation sites (N-methyl/N-ethyl adjacent to an activating group) is 1. The summed E-state index contributed by atoms with van der Waals surface area (Å²) in [6.07, 6.45) is 0.740. The Morgan fingerprint density at radius 1 is 1.24 bits per heavy atom. The minimum absolute atomic E-state index is 0.0338. The van der Waals surface area contributed by atoms with E-state index in [0.717, 1.165) is 17.7 Å². The zero-order valence-corrected chi connectivity index (χ0v) is 13.3. The highest BCUT2D eigenvalue weighted by molar-refractivity contribution is 5.77. The standard InChI is InChI=1S/C16H25NO4/c1-13(11-14-7-5-6-8-15(14)20-4)17(2)16(18)12-21-10-9-19-3/h5-8,13H,9-12H2,1-4H3. The summed E-state index contributed by atoms with van der Waals surface area (Å²) in [5.74, 6) is 0.815. The monoisotopic (exact) mass is 295 g/mol. The molecule has 0 saturated carbocycles. The van der Waals surface area contributed by atoms with E-state index in [1.807, 2.05) is 31.2 Å². The summed E-state index contributed by atoms with van der Waals surface area (Å²) in [5.41, 5.74) is 1.09. The first kappa shape index (κ1) is 17.5. The van der Waals surface area contributed by atoms with Crippen LogP contribution in [-0.2, 0) is 20.7 Å². The molecule has 0 radical (unpaired) electrons. The van der Waals surface area contributed by atoms with Crippen LogP contribution in [0.5, 0.6) is 5.75 Å². The lowest BCUT2D eigenvalue weighted by molar-refractivity contribution is -0.137. The molecule has 1 aromatic carbocycles. The van der Waals surface area contributed by atoms with Crippen LogP contribution in [-0.4, -0.2) is 57.9 Å². The third kappa shape index (κ3) is 5.73. The normalized spacial score (nSPS) is 12.0. The number of carbonyl (C=O) groups excluding carboxylic acids is 1. The van der Waals surface area contributed by atoms with Gasteiger partial charge in [-0.2, -0.15) is 0 Å². The molecule has 0 fully saturated rings. The van der Waals surface area contributed by atoms with E-state index in [-0.39, 0.29) is 18.6 Å². The summed E-state index contributed by atoms with van der Waals surface area (Å²) in [7, 11) is 5.05. The summed E-state index contributed by atoms with van der Waals surface area (Å²) in [6, 6.07) is 7.92. The summed E-state index contributed by atoms with van der Waals surface area (Å²) >= 11 is 0. The van der Waals surface area contributed by atoms with Gasteiger partial charge in [-0.15, -0.1) is 0 Å². The SMILES string of the molecule is COCCOCC(=O)N(C)C(C)Cc1ccccc1OC. The van der Waals surface area contributed by atoms with Gasteiger partial charge in [0.05, 0.1) is 20.3 Å². The summed E-state index contributed by atoms with van der Waals surface area (Å²) in [4.78, 5) is 13.7. The third-order valence-electron chi connectivity index (χ3n) is 3.42. The molecule has 21 heavy (non-hydrogen) atoms. The van der Waals surface area contributed by atoms with Crippen LogP contribution in [0, 0.1) is 0 Å². The maximum atomic E-state index is 12.0. The molecule has 0 bridgehead atoms. The van der Waals surface area contributed by atoms with E-state index < -0.39 is 0 Å². The van der Waals surface area contributed by atoms with Gasteiger partial charge in [0, 0.05) is 20.2 Å². The van der Waals surface area contributed by atoms with E-state index in [2.05, 4.69) is 0 Å². The van der Waals surface area contributed by atoms with Crippen molar-refractivity contribution in [3.8, 4) is 5.75 Å². The average molecular weight is 295 g/mol. The molecule has 5 heteroatoms. The maximum Gasteiger partial charge on any atom is 0.248 e. The fraction of sp³-hybridized carbons (Fsp3) is 0.562. The zero-order chi connectivity index (χ0) is 15.7. The van der Waals surface area contributed by atoms with Gasteiger partial charge in [-0.05, 0) is 25.0 Å². The molecule has 118 valence electrons. The average Bonchev–Trinajstić information content (AvgIpc) is 2.51. The first-order valence-corrected chi connectivity index (χ1v) is 7.04. The largest absolute Gasteiger partial charge is 0.496 e. The van der Waals surface area contributed by atoms with E-state index in [1.54, 1.807) is 26.2 Å². The first-order valence-electron chi connectivity index (χ1n) is 7.04. The van der Waals surface area contributed by atoms with Crippen LogP contribution in [0.15, 0.2) is 24.3 Å². The number of hydrogen-bond donors (Lipinski definition) is 0. The van der Waals surface area contributed by atoms with Crippen molar-refractivity contribution in [2.24, 2.45) is 0 Å². The van der Waals surface area contributed by atoms with Crippen LogP contribution in [0.3, 0.4) is 0 Å². The minimum Gasteiger partial charge on any atom is -0.496 e. The second-order valence-electron chi connectivity index (χ2n) is 4.92. The summed E-state index contributed by atoms with van der Waals surface area (Å²) in [6.45, 7) is 3.01. The number of hydrogen-bond acceptors (Lipinski definition) is 4. The molecule has 1 atom stereocenters. The van der Waals surface area contributed by atoms with E-state index in [9.17, 15) is 4.79 Å². The lowest BCUT2D eigenvalue weighted by Crippen LogP contribution is -2.39. The Labute approximate surface area is 126 Å². The van der Waals surface area contributed by atoms with Gasteiger partial charge < -0.3 is 19.1 Å². The lowest BCUT2D eigenvalue weighted by Gasteiger charge is -2.25. The highest BCUT2D eigenvalue weighted by atomic mass is 16.5. The van der Waals surface area contributed by atoms with Gasteiger partial charge in [0.15, 0.2) is 0 Å². The Morgan fingerprint density at radius 3 is 2.62 bits per heavy atom. The van der Waals surface area contributed by atoms with Crippen molar-refractivity contribution in [2.45, 2.75) is 19.4 Å². The van der Waals surface area contributed by atoms with Crippen molar-refractivity contribution in [3.63, 3.8) is 0 Å². The Kier molecular flexibility index (Phi) is 7.79. The molecule has 1 amide bonds. The summed E-state index contributed by atoms with van der Waals surface area (Å²) in [5, 5.41) is 0. The highest BCUT2D eigenvalue weighted by Crippen LogP contribution is 2.20. The number of nitrogens with zero attached hydrogens (tertiary/aromatic N) is 1. The molecule has 0 aromatic heterocycles. The van der Waals surface area contributed by atoms with E-state index in [1.165, 1.54) is 0 Å². The molecule has 1 aromatic rings. The smallest absolute Gasteiger partial charge is 0.248 e. The maximum absolute atomic E-state index is 12.0. The van der Waals surface area contributed by atoms with Crippen LogP contribution in [0.2, 0.25) is 0 Å². The van der Waals surface area contributed by atoms with E-state index >= 15 is 0 Å². The molecule has 0 aliphatic rings. The topological polar surface area (TPSA) is 48.0 Å². The van der Waals surface area contributed by atoms with Gasteiger partial charge >= 0.3 is 0 Å². The van der Waals surface area contributed by atoms with Crippen LogP contribution in [0.25, 0.3) is 0 Å². The van der Waals surface area contributed by atoms with Crippen molar-refractivity contribution in [1.82, 2.24) is 4.90 Å². The highest BCUT2D eigenvalue weighted by Gasteiger charge is 2.17. The molecule has 0 spiro atoms. The third-order valence-corrected chi connectivity index (χ3v) is 3.42. The number of ether oxygens (including phenoxy) is 3. The molecule has 0 heterocycles. The fourth-order valence-electron chi connectivity index (χ4n) is 1.98. The van der Waals surface area contributed by atoms with Crippen LogP contribution < -0.4 is 4.74 Å². The second-order valence-corrected chi connectivity index (χ2v) is 4.92. The lowest BCUT2D eigenvalue weighted by atomic mass is 10.1. The molecule has 1 unspecified atom stereocenters. The van der Waals surface area contributed by atoms with E-state index in [0.29, 0.717) is 13.2 Å². The zero-order valence-electron chi connectivity index (χ0n) is 13.3. The molecule has 0 N–H and O–H groups in total. The van der Waals surface area contributed by atoms with Gasteiger partial charge in [0.2, 0.25) is 5.91 Å². The predicted molar refractivity (Wildman–Crippen MR) is 81.6 cm³/mol. The number of carbonyl (C=O) groups is 1. The Balaban J connectivity index is 2.49. The number of benzene rings is 1. The first-order chi connectivity index (χ1) is 10.1. The molecular weight excluding hydrogens is 270 g/mol. The number of amides is 1. The Bertz CT molecular complexity index is 436. The number of rotatable bonds is 9. The minimum atomic E-state index is -0.0338. The van der Waals surface area contributed by atoms with Crippen LogP contribution in [0.1, 0.15) is 12.5 Å². The predicted octanol–water partition coefficient (Wildman–Crippen LogP) is 1.75. The molecule has 5 nitrogen and oxygen atoms in total. The number of para-hydroxylation sites is 1. The van der Waals surface area contributed by atoms with E-state index in [4.69, 9.17) is 14.2 Å². The van der Waals surface area contributed by atoms with Gasteiger partial charge in [-0.25, -0.2) is 0 Å². The van der Waals surface area contributed by atoms with Gasteiger partial charge in [0.25, 0.3) is 0 Å². The van der Waals surface area contributed by atoms with Crippen molar-refractivity contribution in [2.75, 3.05) is 41.1 Å². The molecular formula is C16H25NO4. The van der Waals surface area contributed by atoms with Gasteiger partial charge in [-0.3, -0.25) is 4.79 Å². The fourth-order valence-corrected chi connectivity index (χ4v) is 1.98. The second kappa shape index (κ2) is 9.37. The van der Waals surface area contributed by atoms with Crippen molar-refractivity contribution in [3.05, 3.63) is 29.8 Å².